The minimum absolute atomic E-state index is 0.126. The summed E-state index contributed by atoms with van der Waals surface area (Å²) in [5, 5.41) is 0. The number of hydrogen-bond donors (Lipinski definition) is 1. The van der Waals surface area contributed by atoms with Crippen LogP contribution in [-0.4, -0.2) is 31.0 Å². The van der Waals surface area contributed by atoms with Gasteiger partial charge in [-0.2, -0.15) is 0 Å². The van der Waals surface area contributed by atoms with E-state index >= 15 is 0 Å². The minimum Gasteiger partial charge on any atom is -0.493 e. The Morgan fingerprint density at radius 2 is 1.69 bits per heavy atom. The number of hydrogen-bond acceptors (Lipinski definition) is 4. The highest BCUT2D eigenvalue weighted by molar-refractivity contribution is 5.95. The van der Waals surface area contributed by atoms with Crippen molar-refractivity contribution in [2.45, 2.75) is 26.0 Å². The van der Waals surface area contributed by atoms with E-state index in [0.29, 0.717) is 43.3 Å². The molecule has 0 aliphatic heterocycles. The van der Waals surface area contributed by atoms with Crippen LogP contribution in [0.5, 0.6) is 11.5 Å². The van der Waals surface area contributed by atoms with Gasteiger partial charge in [-0.15, -0.1) is 0 Å². The van der Waals surface area contributed by atoms with Gasteiger partial charge in [0, 0.05) is 18.7 Å². The van der Waals surface area contributed by atoms with Crippen molar-refractivity contribution < 1.29 is 18.7 Å². The second-order valence-electron chi connectivity index (χ2n) is 7.49. The number of methoxy groups -OCH3 is 1. The first-order valence-corrected chi connectivity index (χ1v) is 10.7. The van der Waals surface area contributed by atoms with Crippen LogP contribution in [0.25, 0.3) is 0 Å². The van der Waals surface area contributed by atoms with Gasteiger partial charge in [0.1, 0.15) is 12.4 Å². The van der Waals surface area contributed by atoms with Crippen LogP contribution in [0.3, 0.4) is 0 Å². The highest BCUT2D eigenvalue weighted by Gasteiger charge is 2.18. The van der Waals surface area contributed by atoms with Crippen molar-refractivity contribution in [3.05, 3.63) is 95.3 Å². The highest BCUT2D eigenvalue weighted by atomic mass is 19.1. The summed E-state index contributed by atoms with van der Waals surface area (Å²) in [4.78, 5) is 15.0. The third-order valence-electron chi connectivity index (χ3n) is 5.10. The molecule has 1 amide bonds. The molecule has 0 fully saturated rings. The van der Waals surface area contributed by atoms with Gasteiger partial charge in [-0.25, -0.2) is 4.39 Å². The maximum atomic E-state index is 13.3. The van der Waals surface area contributed by atoms with Crippen LogP contribution in [-0.2, 0) is 13.2 Å². The van der Waals surface area contributed by atoms with E-state index in [9.17, 15) is 9.18 Å². The molecular weight excluding hydrogens is 407 g/mol. The van der Waals surface area contributed by atoms with Gasteiger partial charge in [-0.3, -0.25) is 4.79 Å². The summed E-state index contributed by atoms with van der Waals surface area (Å²) in [5.74, 6) is 0.640. The van der Waals surface area contributed by atoms with Crippen LogP contribution in [0.4, 0.5) is 4.39 Å². The van der Waals surface area contributed by atoms with Gasteiger partial charge in [0.15, 0.2) is 11.5 Å². The molecule has 0 bridgehead atoms. The van der Waals surface area contributed by atoms with E-state index in [2.05, 4.69) is 0 Å². The molecule has 0 spiro atoms. The van der Waals surface area contributed by atoms with Crippen LogP contribution >= 0.6 is 0 Å². The van der Waals surface area contributed by atoms with Crippen molar-refractivity contribution in [1.29, 1.82) is 0 Å². The first kappa shape index (κ1) is 23.3. The number of rotatable bonds is 11. The average molecular weight is 437 g/mol. The third kappa shape index (κ3) is 6.56. The zero-order chi connectivity index (χ0) is 22.8. The topological polar surface area (TPSA) is 64.8 Å². The zero-order valence-electron chi connectivity index (χ0n) is 18.3. The standard InChI is InChI=1S/C26H29FN2O3/c1-31-25-17-22(11-14-24(25)32-19-21-7-3-2-4-8-21)26(30)29(16-6-5-15-28)18-20-9-12-23(27)13-10-20/h2-4,7-14,17H,5-6,15-16,18-19,28H2,1H3. The predicted octanol–water partition coefficient (Wildman–Crippen LogP) is 4.79. The maximum Gasteiger partial charge on any atom is 0.254 e. The lowest BCUT2D eigenvalue weighted by molar-refractivity contribution is 0.0740. The van der Waals surface area contributed by atoms with E-state index in [1.54, 1.807) is 42.3 Å². The molecule has 32 heavy (non-hydrogen) atoms. The summed E-state index contributed by atoms with van der Waals surface area (Å²) in [7, 11) is 1.55. The first-order chi connectivity index (χ1) is 15.6. The van der Waals surface area contributed by atoms with Crippen LogP contribution in [0.15, 0.2) is 72.8 Å². The van der Waals surface area contributed by atoms with Gasteiger partial charge in [-0.05, 0) is 60.8 Å². The van der Waals surface area contributed by atoms with Crippen LogP contribution in [0, 0.1) is 5.82 Å². The number of ether oxygens (including phenoxy) is 2. The smallest absolute Gasteiger partial charge is 0.254 e. The van der Waals surface area contributed by atoms with E-state index in [0.717, 1.165) is 24.0 Å². The average Bonchev–Trinajstić information content (AvgIpc) is 2.83. The lowest BCUT2D eigenvalue weighted by Crippen LogP contribution is -2.32. The Kier molecular flexibility index (Phi) is 8.63. The highest BCUT2D eigenvalue weighted by Crippen LogP contribution is 2.29. The predicted molar refractivity (Wildman–Crippen MR) is 123 cm³/mol. The summed E-state index contributed by atoms with van der Waals surface area (Å²) in [6.45, 7) is 1.92. The van der Waals surface area contributed by atoms with Gasteiger partial charge in [-0.1, -0.05) is 42.5 Å². The zero-order valence-corrected chi connectivity index (χ0v) is 18.3. The van der Waals surface area contributed by atoms with Crippen molar-refractivity contribution in [2.24, 2.45) is 5.73 Å². The number of nitrogens with zero attached hydrogens (tertiary/aromatic N) is 1. The fraction of sp³-hybridized carbons (Fsp3) is 0.269. The lowest BCUT2D eigenvalue weighted by Gasteiger charge is -2.23. The Hall–Kier alpha value is -3.38. The summed E-state index contributed by atoms with van der Waals surface area (Å²) >= 11 is 0. The van der Waals surface area contributed by atoms with E-state index in [4.69, 9.17) is 15.2 Å². The number of halogens is 1. The second-order valence-corrected chi connectivity index (χ2v) is 7.49. The lowest BCUT2D eigenvalue weighted by atomic mass is 10.1. The molecule has 168 valence electrons. The minimum atomic E-state index is -0.300. The number of nitrogens with two attached hydrogens (primary N) is 1. The normalized spacial score (nSPS) is 10.6. The summed E-state index contributed by atoms with van der Waals surface area (Å²) in [5.41, 5.74) is 8.03. The van der Waals surface area contributed by atoms with Crippen molar-refractivity contribution >= 4 is 5.91 Å². The Morgan fingerprint density at radius 1 is 0.938 bits per heavy atom. The monoisotopic (exact) mass is 436 g/mol. The number of unbranched alkanes of at least 4 members (excludes halogenated alkanes) is 1. The van der Waals surface area contributed by atoms with E-state index < -0.39 is 0 Å². The molecule has 0 radical (unpaired) electrons. The molecule has 2 N–H and O–H groups in total. The molecule has 0 aliphatic carbocycles. The molecule has 0 unspecified atom stereocenters. The third-order valence-corrected chi connectivity index (χ3v) is 5.10. The van der Waals surface area contributed by atoms with E-state index in [1.165, 1.54) is 12.1 Å². The number of carbonyl (C=O) groups is 1. The fourth-order valence-electron chi connectivity index (χ4n) is 3.35. The molecule has 6 heteroatoms. The Balaban J connectivity index is 1.75. The maximum absolute atomic E-state index is 13.3. The molecule has 5 nitrogen and oxygen atoms in total. The number of amides is 1. The molecule has 0 heterocycles. The van der Waals surface area contributed by atoms with Crippen molar-refractivity contribution in [2.75, 3.05) is 20.2 Å². The quantitative estimate of drug-likeness (QED) is 0.439. The van der Waals surface area contributed by atoms with Gasteiger partial charge >= 0.3 is 0 Å². The van der Waals surface area contributed by atoms with Gasteiger partial charge in [0.05, 0.1) is 7.11 Å². The van der Waals surface area contributed by atoms with Gasteiger partial charge < -0.3 is 20.1 Å². The SMILES string of the molecule is COc1cc(C(=O)N(CCCCN)Cc2ccc(F)cc2)ccc1OCc1ccccc1. The summed E-state index contributed by atoms with van der Waals surface area (Å²) in [6, 6.07) is 21.2. The fourth-order valence-corrected chi connectivity index (χ4v) is 3.35. The Morgan fingerprint density at radius 3 is 2.38 bits per heavy atom. The number of benzene rings is 3. The largest absolute Gasteiger partial charge is 0.493 e. The Bertz CT molecular complexity index is 994. The van der Waals surface area contributed by atoms with Crippen molar-refractivity contribution in [3.63, 3.8) is 0 Å². The molecule has 3 aromatic carbocycles. The first-order valence-electron chi connectivity index (χ1n) is 10.7. The number of carbonyl (C=O) groups excluding carboxylic acids is 1. The van der Waals surface area contributed by atoms with Crippen molar-refractivity contribution in [1.82, 2.24) is 4.90 Å². The molecule has 0 atom stereocenters. The second kappa shape index (κ2) is 11.9. The van der Waals surface area contributed by atoms with Crippen LogP contribution in [0.1, 0.15) is 34.3 Å². The van der Waals surface area contributed by atoms with E-state index in [-0.39, 0.29) is 11.7 Å². The molecular formula is C26H29FN2O3. The van der Waals surface area contributed by atoms with Crippen LogP contribution in [0.2, 0.25) is 0 Å². The van der Waals surface area contributed by atoms with Crippen molar-refractivity contribution in [3.8, 4) is 11.5 Å². The molecule has 3 rings (SSSR count). The van der Waals surface area contributed by atoms with Gasteiger partial charge in [0.25, 0.3) is 5.91 Å². The molecule has 3 aromatic rings. The van der Waals surface area contributed by atoms with E-state index in [1.807, 2.05) is 30.3 Å². The summed E-state index contributed by atoms with van der Waals surface area (Å²) in [6.07, 6.45) is 1.61. The summed E-state index contributed by atoms with van der Waals surface area (Å²) < 4.78 is 24.6. The molecule has 0 aliphatic rings. The van der Waals surface area contributed by atoms with Crippen LogP contribution < -0.4 is 15.2 Å². The van der Waals surface area contributed by atoms with Gasteiger partial charge in [0.2, 0.25) is 0 Å². The molecule has 0 aromatic heterocycles. The molecule has 0 saturated heterocycles. The molecule has 0 saturated carbocycles. The Labute approximate surface area is 188 Å².